The molecule has 31 heavy (non-hydrogen) atoms. The lowest BCUT2D eigenvalue weighted by Crippen LogP contribution is -2.48. The minimum atomic E-state index is -0.436. The minimum absolute atomic E-state index is 0.0681. The molecule has 0 aromatic heterocycles. The van der Waals surface area contributed by atoms with Gasteiger partial charge in [0.25, 0.3) is 5.91 Å². The molecule has 0 saturated heterocycles. The van der Waals surface area contributed by atoms with E-state index in [0.29, 0.717) is 16.6 Å². The summed E-state index contributed by atoms with van der Waals surface area (Å²) in [6.45, 7) is 13.9. The van der Waals surface area contributed by atoms with Gasteiger partial charge in [-0.1, -0.05) is 24.6 Å². The van der Waals surface area contributed by atoms with Crippen molar-refractivity contribution in [3.05, 3.63) is 63.2 Å². The van der Waals surface area contributed by atoms with Gasteiger partial charge in [0, 0.05) is 28.5 Å². The van der Waals surface area contributed by atoms with E-state index in [1.54, 1.807) is 18.2 Å². The highest BCUT2D eigenvalue weighted by Gasteiger charge is 2.35. The van der Waals surface area contributed by atoms with Crippen molar-refractivity contribution in [3.63, 3.8) is 0 Å². The fourth-order valence-electron chi connectivity index (χ4n) is 4.63. The average Bonchev–Trinajstić information content (AvgIpc) is 2.69. The van der Waals surface area contributed by atoms with E-state index in [2.05, 4.69) is 56.1 Å². The summed E-state index contributed by atoms with van der Waals surface area (Å²) >= 11 is 6.05. The molecule has 3 rings (SSSR count). The van der Waals surface area contributed by atoms with Gasteiger partial charge in [-0.05, 0) is 99.6 Å². The van der Waals surface area contributed by atoms with Gasteiger partial charge in [0.1, 0.15) is 11.6 Å². The van der Waals surface area contributed by atoms with E-state index in [9.17, 15) is 10.1 Å². The van der Waals surface area contributed by atoms with Crippen LogP contribution in [0.15, 0.2) is 35.9 Å². The number of nitriles is 1. The summed E-state index contributed by atoms with van der Waals surface area (Å²) in [6, 6.07) is 11.7. The van der Waals surface area contributed by atoms with Crippen LogP contribution in [0.2, 0.25) is 5.02 Å². The summed E-state index contributed by atoms with van der Waals surface area (Å²) < 4.78 is 0. The van der Waals surface area contributed by atoms with Crippen molar-refractivity contribution in [2.45, 2.75) is 59.4 Å². The van der Waals surface area contributed by atoms with E-state index < -0.39 is 5.91 Å². The summed E-state index contributed by atoms with van der Waals surface area (Å²) in [5.74, 6) is -0.0385. The monoisotopic (exact) mass is 435 g/mol. The second-order valence-corrected chi connectivity index (χ2v) is 9.45. The SMILES string of the molecule is CCN1c2cc(C)c(/C=C(/C#N)C(=O)Nc3cc(Cl)ccc3C)cc2C(C)CC1(C)C. The van der Waals surface area contributed by atoms with Crippen molar-refractivity contribution in [3.8, 4) is 6.07 Å². The molecule has 0 saturated carbocycles. The van der Waals surface area contributed by atoms with E-state index >= 15 is 0 Å². The van der Waals surface area contributed by atoms with Gasteiger partial charge in [-0.15, -0.1) is 0 Å². The highest BCUT2D eigenvalue weighted by atomic mass is 35.5. The van der Waals surface area contributed by atoms with Crippen LogP contribution >= 0.6 is 11.6 Å². The number of benzene rings is 2. The maximum atomic E-state index is 12.8. The van der Waals surface area contributed by atoms with E-state index in [4.69, 9.17) is 11.6 Å². The zero-order chi connectivity index (χ0) is 22.9. The zero-order valence-electron chi connectivity index (χ0n) is 19.1. The van der Waals surface area contributed by atoms with Crippen LogP contribution in [-0.4, -0.2) is 18.0 Å². The Morgan fingerprint density at radius 3 is 2.65 bits per heavy atom. The molecule has 0 fully saturated rings. The van der Waals surface area contributed by atoms with Crippen molar-refractivity contribution in [1.29, 1.82) is 5.26 Å². The van der Waals surface area contributed by atoms with E-state index in [0.717, 1.165) is 29.7 Å². The largest absolute Gasteiger partial charge is 0.366 e. The molecule has 1 atom stereocenters. The molecule has 1 amide bonds. The highest BCUT2D eigenvalue weighted by Crippen LogP contribution is 2.44. The molecule has 4 nitrogen and oxygen atoms in total. The van der Waals surface area contributed by atoms with Gasteiger partial charge in [0.15, 0.2) is 0 Å². The summed E-state index contributed by atoms with van der Waals surface area (Å²) in [5, 5.41) is 13.0. The maximum Gasteiger partial charge on any atom is 0.266 e. The molecule has 2 aromatic carbocycles. The van der Waals surface area contributed by atoms with E-state index in [1.165, 1.54) is 11.3 Å². The number of anilines is 2. The first-order chi connectivity index (χ1) is 14.6. The smallest absolute Gasteiger partial charge is 0.266 e. The first-order valence-corrected chi connectivity index (χ1v) is 11.1. The molecule has 1 aliphatic rings. The molecule has 1 heterocycles. The lowest BCUT2D eigenvalue weighted by Gasteiger charge is -2.47. The van der Waals surface area contributed by atoms with Crippen molar-refractivity contribution in [1.82, 2.24) is 0 Å². The zero-order valence-corrected chi connectivity index (χ0v) is 19.9. The number of aryl methyl sites for hydroxylation is 2. The van der Waals surface area contributed by atoms with E-state index in [1.807, 2.05) is 19.9 Å². The molecule has 0 radical (unpaired) electrons. The minimum Gasteiger partial charge on any atom is -0.366 e. The molecular formula is C26H30ClN3O. The van der Waals surface area contributed by atoms with E-state index in [-0.39, 0.29) is 11.1 Å². The van der Waals surface area contributed by atoms with Gasteiger partial charge in [0.2, 0.25) is 0 Å². The van der Waals surface area contributed by atoms with Gasteiger partial charge < -0.3 is 10.2 Å². The molecule has 1 aliphatic heterocycles. The molecule has 0 spiro atoms. The molecule has 0 bridgehead atoms. The topological polar surface area (TPSA) is 56.1 Å². The lowest BCUT2D eigenvalue weighted by molar-refractivity contribution is -0.112. The van der Waals surface area contributed by atoms with Gasteiger partial charge in [-0.3, -0.25) is 4.79 Å². The highest BCUT2D eigenvalue weighted by molar-refractivity contribution is 6.31. The first-order valence-electron chi connectivity index (χ1n) is 10.7. The first kappa shape index (κ1) is 22.9. The summed E-state index contributed by atoms with van der Waals surface area (Å²) in [4.78, 5) is 15.3. The second kappa shape index (κ2) is 8.77. The number of nitrogens with zero attached hydrogens (tertiary/aromatic N) is 2. The lowest BCUT2D eigenvalue weighted by atomic mass is 9.79. The van der Waals surface area contributed by atoms with Crippen LogP contribution in [0.25, 0.3) is 6.08 Å². The maximum absolute atomic E-state index is 12.8. The Morgan fingerprint density at radius 1 is 1.29 bits per heavy atom. The van der Waals surface area contributed by atoms with Gasteiger partial charge in [-0.2, -0.15) is 5.26 Å². The summed E-state index contributed by atoms with van der Waals surface area (Å²) in [5.41, 5.74) is 6.11. The van der Waals surface area contributed by atoms with Crippen LogP contribution < -0.4 is 10.2 Å². The number of fused-ring (bicyclic) bond motifs is 1. The van der Waals surface area contributed by atoms with Crippen LogP contribution in [0.3, 0.4) is 0 Å². The molecule has 0 aliphatic carbocycles. The molecule has 1 unspecified atom stereocenters. The Bertz CT molecular complexity index is 1090. The normalized spacial score (nSPS) is 17.7. The van der Waals surface area contributed by atoms with Crippen LogP contribution in [-0.2, 0) is 4.79 Å². The van der Waals surface area contributed by atoms with Crippen LogP contribution in [0, 0.1) is 25.2 Å². The summed E-state index contributed by atoms with van der Waals surface area (Å²) in [6.07, 6.45) is 2.74. The number of halogens is 1. The number of hydrogen-bond acceptors (Lipinski definition) is 3. The third-order valence-electron chi connectivity index (χ3n) is 6.20. The Hall–Kier alpha value is -2.77. The van der Waals surface area contributed by atoms with Crippen molar-refractivity contribution < 1.29 is 4.79 Å². The number of carbonyl (C=O) groups excluding carboxylic acids is 1. The summed E-state index contributed by atoms with van der Waals surface area (Å²) in [7, 11) is 0. The third-order valence-corrected chi connectivity index (χ3v) is 6.44. The van der Waals surface area contributed by atoms with Crippen molar-refractivity contribution in [2.24, 2.45) is 0 Å². The van der Waals surface area contributed by atoms with Gasteiger partial charge in [0.05, 0.1) is 0 Å². The van der Waals surface area contributed by atoms with Crippen molar-refractivity contribution in [2.75, 3.05) is 16.8 Å². The van der Waals surface area contributed by atoms with Gasteiger partial charge in [-0.25, -0.2) is 0 Å². The van der Waals surface area contributed by atoms with Crippen molar-refractivity contribution >= 4 is 35.0 Å². The third kappa shape index (κ3) is 4.62. The number of rotatable bonds is 4. The molecular weight excluding hydrogens is 406 g/mol. The van der Waals surface area contributed by atoms with Crippen LogP contribution in [0.1, 0.15) is 62.3 Å². The Balaban J connectivity index is 1.98. The second-order valence-electron chi connectivity index (χ2n) is 9.01. The predicted molar refractivity (Wildman–Crippen MR) is 130 cm³/mol. The molecule has 2 aromatic rings. The van der Waals surface area contributed by atoms with Crippen LogP contribution in [0.5, 0.6) is 0 Å². The Morgan fingerprint density at radius 2 is 2.00 bits per heavy atom. The predicted octanol–water partition coefficient (Wildman–Crippen LogP) is 6.61. The number of amides is 1. The Kier molecular flexibility index (Phi) is 6.48. The van der Waals surface area contributed by atoms with Gasteiger partial charge >= 0.3 is 0 Å². The fourth-order valence-corrected chi connectivity index (χ4v) is 4.80. The molecule has 5 heteroatoms. The number of carbonyl (C=O) groups is 1. The standard InChI is InChI=1S/C26H30ClN3O/c1-7-30-24-10-17(3)19(12-22(24)18(4)14-26(30,5)6)11-20(15-28)25(31)29-23-13-21(27)9-8-16(23)2/h8-13,18H,7,14H2,1-6H3,(H,29,31)/b20-11-. The number of nitrogens with one attached hydrogen (secondary N) is 1. The average molecular weight is 436 g/mol. The quantitative estimate of drug-likeness (QED) is 0.434. The Labute approximate surface area is 190 Å². The number of hydrogen-bond donors (Lipinski definition) is 1. The molecule has 1 N–H and O–H groups in total. The van der Waals surface area contributed by atoms with Crippen LogP contribution in [0.4, 0.5) is 11.4 Å². The fraction of sp³-hybridized carbons (Fsp3) is 0.385. The molecule has 162 valence electrons.